The molecule has 156 valence electrons. The van der Waals surface area contributed by atoms with Gasteiger partial charge in [0.2, 0.25) is 5.91 Å². The van der Waals surface area contributed by atoms with Crippen molar-refractivity contribution in [1.82, 2.24) is 15.5 Å². The zero-order chi connectivity index (χ0) is 21.5. The Morgan fingerprint density at radius 2 is 1.87 bits per heavy atom. The normalized spacial score (nSPS) is 13.2. The molecule has 1 fully saturated rings. The highest BCUT2D eigenvalue weighted by atomic mass is 19.1. The fourth-order valence-electron chi connectivity index (χ4n) is 2.86. The Bertz CT molecular complexity index is 945. The van der Waals surface area contributed by atoms with Crippen molar-refractivity contribution < 1.29 is 28.3 Å². The van der Waals surface area contributed by atoms with Crippen LogP contribution in [-0.2, 0) is 27.3 Å². The maximum atomic E-state index is 12.9. The van der Waals surface area contributed by atoms with Crippen LogP contribution in [0.1, 0.15) is 21.5 Å². The number of hydrogen-bond donors (Lipinski definition) is 2. The zero-order valence-corrected chi connectivity index (χ0v) is 16.0. The largest absolute Gasteiger partial charge is 0.452 e. The van der Waals surface area contributed by atoms with Crippen LogP contribution in [0.3, 0.4) is 0 Å². The number of carbonyl (C=O) groups is 4. The molecular formula is C21H20FN3O5. The van der Waals surface area contributed by atoms with Gasteiger partial charge in [0.1, 0.15) is 5.82 Å². The number of nitrogens with one attached hydrogen (secondary N) is 2. The van der Waals surface area contributed by atoms with E-state index in [1.54, 1.807) is 24.3 Å². The van der Waals surface area contributed by atoms with Crippen molar-refractivity contribution in [2.24, 2.45) is 0 Å². The summed E-state index contributed by atoms with van der Waals surface area (Å²) >= 11 is 0. The number of urea groups is 1. The van der Waals surface area contributed by atoms with Crippen LogP contribution < -0.4 is 10.6 Å². The molecule has 8 nitrogen and oxygen atoms in total. The van der Waals surface area contributed by atoms with E-state index in [0.29, 0.717) is 18.5 Å². The smallest absolute Gasteiger partial charge is 0.338 e. The van der Waals surface area contributed by atoms with Crippen LogP contribution in [0.25, 0.3) is 0 Å². The summed E-state index contributed by atoms with van der Waals surface area (Å²) in [7, 11) is 0. The lowest BCUT2D eigenvalue weighted by Gasteiger charge is -2.13. The lowest BCUT2D eigenvalue weighted by atomic mass is 10.1. The van der Waals surface area contributed by atoms with Crippen molar-refractivity contribution in [2.75, 3.05) is 19.7 Å². The van der Waals surface area contributed by atoms with E-state index >= 15 is 0 Å². The standard InChI is InChI=1S/C21H20FN3O5/c22-17-6-4-14(5-7-17)8-9-23-18(26)13-30-20(28)16-3-1-2-15(10-16)12-25-19(27)11-24-21(25)29/h1-7,10H,8-9,11-13H2,(H,23,26)(H,24,29). The van der Waals surface area contributed by atoms with Gasteiger partial charge in [-0.25, -0.2) is 14.0 Å². The number of amides is 4. The molecule has 1 heterocycles. The number of ether oxygens (including phenoxy) is 1. The fourth-order valence-corrected chi connectivity index (χ4v) is 2.86. The monoisotopic (exact) mass is 413 g/mol. The molecule has 1 saturated heterocycles. The highest BCUT2D eigenvalue weighted by Gasteiger charge is 2.28. The lowest BCUT2D eigenvalue weighted by molar-refractivity contribution is -0.125. The summed E-state index contributed by atoms with van der Waals surface area (Å²) in [6.07, 6.45) is 0.519. The van der Waals surface area contributed by atoms with Gasteiger partial charge in [-0.2, -0.15) is 0 Å². The zero-order valence-electron chi connectivity index (χ0n) is 16.0. The number of hydrogen-bond acceptors (Lipinski definition) is 5. The van der Waals surface area contributed by atoms with Crippen molar-refractivity contribution in [3.8, 4) is 0 Å². The first-order valence-electron chi connectivity index (χ1n) is 9.28. The third-order valence-electron chi connectivity index (χ3n) is 4.42. The van der Waals surface area contributed by atoms with Gasteiger partial charge in [0.15, 0.2) is 6.61 Å². The third kappa shape index (κ3) is 5.63. The second-order valence-corrected chi connectivity index (χ2v) is 6.64. The summed E-state index contributed by atoms with van der Waals surface area (Å²) in [5, 5.41) is 5.05. The molecule has 0 bridgehead atoms. The SMILES string of the molecule is O=C(COC(=O)c1cccc(CN2C(=O)CNC2=O)c1)NCCc1ccc(F)cc1. The average Bonchev–Trinajstić information content (AvgIpc) is 3.05. The molecule has 1 aliphatic heterocycles. The van der Waals surface area contributed by atoms with E-state index in [9.17, 15) is 23.6 Å². The Hall–Kier alpha value is -3.75. The Morgan fingerprint density at radius 3 is 2.57 bits per heavy atom. The molecule has 1 aliphatic rings. The molecule has 2 aromatic rings. The Morgan fingerprint density at radius 1 is 1.10 bits per heavy atom. The van der Waals surface area contributed by atoms with Gasteiger partial charge >= 0.3 is 12.0 Å². The van der Waals surface area contributed by atoms with Crippen molar-refractivity contribution in [1.29, 1.82) is 0 Å². The summed E-state index contributed by atoms with van der Waals surface area (Å²) in [6, 6.07) is 11.8. The number of imide groups is 1. The Kier molecular flexibility index (Phi) is 6.74. The van der Waals surface area contributed by atoms with Crippen LogP contribution in [0, 0.1) is 5.82 Å². The number of rotatable bonds is 8. The van der Waals surface area contributed by atoms with E-state index in [1.165, 1.54) is 24.3 Å². The van der Waals surface area contributed by atoms with Gasteiger partial charge in [-0.1, -0.05) is 24.3 Å². The molecule has 0 spiro atoms. The molecule has 2 aromatic carbocycles. The van der Waals surface area contributed by atoms with Crippen LogP contribution in [0.4, 0.5) is 9.18 Å². The lowest BCUT2D eigenvalue weighted by Crippen LogP contribution is -2.31. The first kappa shape index (κ1) is 21.0. The van der Waals surface area contributed by atoms with Gasteiger partial charge in [0, 0.05) is 6.54 Å². The third-order valence-corrected chi connectivity index (χ3v) is 4.42. The molecule has 30 heavy (non-hydrogen) atoms. The van der Waals surface area contributed by atoms with Gasteiger partial charge < -0.3 is 15.4 Å². The molecule has 0 atom stereocenters. The Balaban J connectivity index is 1.45. The van der Waals surface area contributed by atoms with E-state index < -0.39 is 24.5 Å². The molecule has 0 radical (unpaired) electrons. The van der Waals surface area contributed by atoms with Gasteiger partial charge in [-0.05, 0) is 41.8 Å². The van der Waals surface area contributed by atoms with Gasteiger partial charge in [0.25, 0.3) is 5.91 Å². The molecule has 0 saturated carbocycles. The molecule has 0 aromatic heterocycles. The summed E-state index contributed by atoms with van der Waals surface area (Å²) in [4.78, 5) is 48.4. The quantitative estimate of drug-likeness (QED) is 0.503. The minimum Gasteiger partial charge on any atom is -0.452 e. The topological polar surface area (TPSA) is 105 Å². The van der Waals surface area contributed by atoms with E-state index in [4.69, 9.17) is 4.74 Å². The van der Waals surface area contributed by atoms with Crippen molar-refractivity contribution in [3.63, 3.8) is 0 Å². The number of nitrogens with zero attached hydrogens (tertiary/aromatic N) is 1. The van der Waals surface area contributed by atoms with Crippen LogP contribution in [0.2, 0.25) is 0 Å². The molecule has 3 rings (SSSR count). The Labute approximate surface area is 172 Å². The predicted octanol–water partition coefficient (Wildman–Crippen LogP) is 1.39. The number of carbonyl (C=O) groups excluding carboxylic acids is 4. The van der Waals surface area contributed by atoms with Gasteiger partial charge in [0.05, 0.1) is 18.7 Å². The minimum absolute atomic E-state index is 0.0374. The first-order valence-corrected chi connectivity index (χ1v) is 9.28. The molecule has 9 heteroatoms. The summed E-state index contributed by atoms with van der Waals surface area (Å²) < 4.78 is 17.9. The summed E-state index contributed by atoms with van der Waals surface area (Å²) in [6.45, 7) is -0.130. The average molecular weight is 413 g/mol. The number of esters is 1. The van der Waals surface area contributed by atoms with Crippen molar-refractivity contribution in [3.05, 3.63) is 71.0 Å². The molecule has 0 unspecified atom stereocenters. The summed E-state index contributed by atoms with van der Waals surface area (Å²) in [5.74, 6) is -1.82. The second-order valence-electron chi connectivity index (χ2n) is 6.64. The van der Waals surface area contributed by atoms with E-state index in [2.05, 4.69) is 10.6 Å². The predicted molar refractivity (Wildman–Crippen MR) is 104 cm³/mol. The van der Waals surface area contributed by atoms with Crippen molar-refractivity contribution in [2.45, 2.75) is 13.0 Å². The second kappa shape index (κ2) is 9.64. The van der Waals surface area contributed by atoms with Crippen LogP contribution in [0.15, 0.2) is 48.5 Å². The highest BCUT2D eigenvalue weighted by Crippen LogP contribution is 2.12. The maximum absolute atomic E-state index is 12.9. The van der Waals surface area contributed by atoms with Crippen LogP contribution >= 0.6 is 0 Å². The van der Waals surface area contributed by atoms with Crippen molar-refractivity contribution >= 4 is 23.8 Å². The van der Waals surface area contributed by atoms with E-state index in [-0.39, 0.29) is 30.4 Å². The van der Waals surface area contributed by atoms with E-state index in [1.807, 2.05) is 0 Å². The highest BCUT2D eigenvalue weighted by molar-refractivity contribution is 6.01. The van der Waals surface area contributed by atoms with E-state index in [0.717, 1.165) is 10.5 Å². The summed E-state index contributed by atoms with van der Waals surface area (Å²) in [5.41, 5.74) is 1.66. The first-order chi connectivity index (χ1) is 14.4. The van der Waals surface area contributed by atoms with Crippen LogP contribution in [-0.4, -0.2) is 48.4 Å². The molecular weight excluding hydrogens is 393 g/mol. The minimum atomic E-state index is -0.692. The molecule has 0 aliphatic carbocycles. The van der Waals surface area contributed by atoms with Gasteiger partial charge in [-0.15, -0.1) is 0 Å². The molecule has 2 N–H and O–H groups in total. The number of halogens is 1. The van der Waals surface area contributed by atoms with Gasteiger partial charge in [-0.3, -0.25) is 14.5 Å². The number of benzene rings is 2. The van der Waals surface area contributed by atoms with Crippen LogP contribution in [0.5, 0.6) is 0 Å². The fraction of sp³-hybridized carbons (Fsp3) is 0.238. The maximum Gasteiger partial charge on any atom is 0.338 e. The molecule has 4 amide bonds.